The van der Waals surface area contributed by atoms with Crippen LogP contribution in [0.4, 0.5) is 0 Å². The molecule has 4 heteroatoms. The molecule has 1 aromatic heterocycles. The summed E-state index contributed by atoms with van der Waals surface area (Å²) in [5.74, 6) is 0.492. The summed E-state index contributed by atoms with van der Waals surface area (Å²) in [5.41, 5.74) is 3.03. The van der Waals surface area contributed by atoms with E-state index < -0.39 is 0 Å². The van der Waals surface area contributed by atoms with E-state index in [1.807, 2.05) is 42.2 Å². The molecule has 122 valence electrons. The maximum atomic E-state index is 12.8. The molecule has 1 amide bonds. The minimum absolute atomic E-state index is 0.140. The Balaban J connectivity index is 1.54. The van der Waals surface area contributed by atoms with Crippen LogP contribution in [0, 0.1) is 6.92 Å². The molecule has 3 aromatic rings. The molecule has 1 fully saturated rings. The first-order valence-electron chi connectivity index (χ1n) is 8.42. The van der Waals surface area contributed by atoms with Crippen LogP contribution in [-0.2, 0) is 0 Å². The summed E-state index contributed by atoms with van der Waals surface area (Å²) < 4.78 is 1.23. The molecule has 1 saturated heterocycles. The minimum atomic E-state index is 0.140. The van der Waals surface area contributed by atoms with E-state index >= 15 is 0 Å². The van der Waals surface area contributed by atoms with Gasteiger partial charge in [0.2, 0.25) is 0 Å². The van der Waals surface area contributed by atoms with E-state index in [0.29, 0.717) is 5.92 Å². The van der Waals surface area contributed by atoms with Crippen molar-refractivity contribution in [2.45, 2.75) is 25.7 Å². The van der Waals surface area contributed by atoms with E-state index in [9.17, 15) is 4.79 Å². The summed E-state index contributed by atoms with van der Waals surface area (Å²) in [6.45, 7) is 3.65. The highest BCUT2D eigenvalue weighted by molar-refractivity contribution is 7.18. The maximum absolute atomic E-state index is 12.8. The van der Waals surface area contributed by atoms with Crippen molar-refractivity contribution in [2.75, 3.05) is 13.1 Å². The van der Waals surface area contributed by atoms with Crippen LogP contribution in [0.25, 0.3) is 10.2 Å². The summed E-state index contributed by atoms with van der Waals surface area (Å²) in [6, 6.07) is 16.1. The number of aryl methyl sites for hydroxylation is 1. The lowest BCUT2D eigenvalue weighted by Gasteiger charge is -2.32. The molecule has 0 radical (unpaired) electrons. The van der Waals surface area contributed by atoms with E-state index in [2.05, 4.69) is 18.2 Å². The number of carbonyl (C=O) groups excluding carboxylic acids is 1. The van der Waals surface area contributed by atoms with Crippen molar-refractivity contribution >= 4 is 27.5 Å². The Labute approximate surface area is 146 Å². The highest BCUT2D eigenvalue weighted by atomic mass is 32.1. The van der Waals surface area contributed by atoms with Crippen LogP contribution in [0.2, 0.25) is 0 Å². The zero-order valence-corrected chi connectivity index (χ0v) is 14.6. The van der Waals surface area contributed by atoms with E-state index in [4.69, 9.17) is 4.98 Å². The molecule has 2 heterocycles. The van der Waals surface area contributed by atoms with Gasteiger partial charge in [0.25, 0.3) is 5.91 Å². The number of fused-ring (bicyclic) bond motifs is 1. The lowest BCUT2D eigenvalue weighted by molar-refractivity contribution is 0.0707. The van der Waals surface area contributed by atoms with Crippen molar-refractivity contribution < 1.29 is 4.79 Å². The molecular weight excluding hydrogens is 316 g/mol. The molecule has 0 aliphatic carbocycles. The summed E-state index contributed by atoms with van der Waals surface area (Å²) in [4.78, 5) is 19.6. The average molecular weight is 336 g/mol. The first kappa shape index (κ1) is 15.3. The fourth-order valence-electron chi connectivity index (χ4n) is 3.31. The molecule has 0 unspecified atom stereocenters. The van der Waals surface area contributed by atoms with Crippen LogP contribution >= 0.6 is 11.3 Å². The molecule has 0 spiro atoms. The van der Waals surface area contributed by atoms with Gasteiger partial charge in [0.15, 0.2) is 0 Å². The van der Waals surface area contributed by atoms with Crippen molar-refractivity contribution in [3.8, 4) is 0 Å². The van der Waals surface area contributed by atoms with Crippen LogP contribution in [0.1, 0.15) is 39.7 Å². The molecule has 0 N–H and O–H groups in total. The lowest BCUT2D eigenvalue weighted by Crippen LogP contribution is -2.39. The number of thiazole rings is 1. The Morgan fingerprint density at radius 1 is 1.17 bits per heavy atom. The molecule has 1 atom stereocenters. The Kier molecular flexibility index (Phi) is 4.07. The number of para-hydroxylation sites is 1. The van der Waals surface area contributed by atoms with Gasteiger partial charge in [-0.1, -0.05) is 29.8 Å². The number of hydrogen-bond donors (Lipinski definition) is 0. The first-order chi connectivity index (χ1) is 11.7. The quantitative estimate of drug-likeness (QED) is 0.684. The first-order valence-corrected chi connectivity index (χ1v) is 9.24. The van der Waals surface area contributed by atoms with Crippen molar-refractivity contribution in [3.63, 3.8) is 0 Å². The van der Waals surface area contributed by atoms with Gasteiger partial charge in [-0.15, -0.1) is 11.3 Å². The van der Waals surface area contributed by atoms with E-state index in [1.165, 1.54) is 10.3 Å². The van der Waals surface area contributed by atoms with Gasteiger partial charge in [0.1, 0.15) is 0 Å². The highest BCUT2D eigenvalue weighted by Crippen LogP contribution is 2.33. The Morgan fingerprint density at radius 3 is 2.75 bits per heavy atom. The van der Waals surface area contributed by atoms with Crippen LogP contribution in [0.15, 0.2) is 48.5 Å². The topological polar surface area (TPSA) is 33.2 Å². The standard InChI is InChI=1S/C20H20N2OS/c1-14-8-10-15(11-9-14)20(23)22-12-4-5-16(13-22)19-21-17-6-2-3-7-18(17)24-19/h2-3,6-11,16H,4-5,12-13H2,1H3/t16-/m0/s1. The predicted molar refractivity (Wildman–Crippen MR) is 98.7 cm³/mol. The molecule has 3 nitrogen and oxygen atoms in total. The normalized spacial score (nSPS) is 18.0. The fraction of sp³-hybridized carbons (Fsp3) is 0.300. The zero-order chi connectivity index (χ0) is 16.5. The fourth-order valence-corrected chi connectivity index (χ4v) is 4.40. The van der Waals surface area contributed by atoms with Gasteiger partial charge in [-0.2, -0.15) is 0 Å². The molecule has 24 heavy (non-hydrogen) atoms. The molecule has 0 saturated carbocycles. The molecular formula is C20H20N2OS. The second-order valence-electron chi connectivity index (χ2n) is 6.48. The van der Waals surface area contributed by atoms with Gasteiger partial charge in [-0.25, -0.2) is 4.98 Å². The van der Waals surface area contributed by atoms with Gasteiger partial charge in [0, 0.05) is 24.6 Å². The summed E-state index contributed by atoms with van der Waals surface area (Å²) >= 11 is 1.77. The Morgan fingerprint density at radius 2 is 1.96 bits per heavy atom. The molecule has 4 rings (SSSR count). The zero-order valence-electron chi connectivity index (χ0n) is 13.7. The molecule has 1 aliphatic heterocycles. The third kappa shape index (κ3) is 2.94. The number of carbonyl (C=O) groups is 1. The van der Waals surface area contributed by atoms with Crippen LogP contribution < -0.4 is 0 Å². The van der Waals surface area contributed by atoms with Crippen molar-refractivity contribution in [1.82, 2.24) is 9.88 Å². The number of benzene rings is 2. The number of rotatable bonds is 2. The number of hydrogen-bond acceptors (Lipinski definition) is 3. The monoisotopic (exact) mass is 336 g/mol. The van der Waals surface area contributed by atoms with E-state index in [-0.39, 0.29) is 5.91 Å². The van der Waals surface area contributed by atoms with Gasteiger partial charge >= 0.3 is 0 Å². The second kappa shape index (κ2) is 6.36. The van der Waals surface area contributed by atoms with Crippen molar-refractivity contribution in [3.05, 3.63) is 64.7 Å². The summed E-state index contributed by atoms with van der Waals surface area (Å²) in [6.07, 6.45) is 2.15. The molecule has 0 bridgehead atoms. The predicted octanol–water partition coefficient (Wildman–Crippen LogP) is 4.62. The summed E-state index contributed by atoms with van der Waals surface area (Å²) in [7, 11) is 0. The average Bonchev–Trinajstić information content (AvgIpc) is 3.06. The van der Waals surface area contributed by atoms with Gasteiger partial charge in [-0.05, 0) is 44.0 Å². The third-order valence-electron chi connectivity index (χ3n) is 4.67. The Hall–Kier alpha value is -2.20. The molecule has 2 aromatic carbocycles. The Bertz CT molecular complexity index is 836. The molecule has 1 aliphatic rings. The van der Waals surface area contributed by atoms with Gasteiger partial charge in [-0.3, -0.25) is 4.79 Å². The number of nitrogens with zero attached hydrogens (tertiary/aromatic N) is 2. The number of aromatic nitrogens is 1. The maximum Gasteiger partial charge on any atom is 0.253 e. The van der Waals surface area contributed by atoms with Crippen LogP contribution in [-0.4, -0.2) is 28.9 Å². The summed E-state index contributed by atoms with van der Waals surface area (Å²) in [5, 5.41) is 1.16. The number of piperidine rings is 1. The van der Waals surface area contributed by atoms with Crippen LogP contribution in [0.3, 0.4) is 0 Å². The van der Waals surface area contributed by atoms with Crippen molar-refractivity contribution in [2.24, 2.45) is 0 Å². The van der Waals surface area contributed by atoms with Crippen molar-refractivity contribution in [1.29, 1.82) is 0 Å². The van der Waals surface area contributed by atoms with Gasteiger partial charge in [0.05, 0.1) is 15.2 Å². The number of amides is 1. The third-order valence-corrected chi connectivity index (χ3v) is 5.87. The number of likely N-dealkylation sites (tertiary alicyclic amines) is 1. The highest BCUT2D eigenvalue weighted by Gasteiger charge is 2.27. The minimum Gasteiger partial charge on any atom is -0.338 e. The van der Waals surface area contributed by atoms with Gasteiger partial charge < -0.3 is 4.90 Å². The largest absolute Gasteiger partial charge is 0.338 e. The second-order valence-corrected chi connectivity index (χ2v) is 7.54. The smallest absolute Gasteiger partial charge is 0.253 e. The SMILES string of the molecule is Cc1ccc(C(=O)N2CCC[C@H](c3nc4ccccc4s3)C2)cc1. The van der Waals surface area contributed by atoms with E-state index in [0.717, 1.165) is 42.0 Å². The van der Waals surface area contributed by atoms with Crippen LogP contribution in [0.5, 0.6) is 0 Å². The lowest BCUT2D eigenvalue weighted by atomic mass is 9.98. The van der Waals surface area contributed by atoms with E-state index in [1.54, 1.807) is 11.3 Å².